The molecule has 0 amide bonds. The Balaban J connectivity index is 1.72. The molecule has 0 aromatic heterocycles. The molecule has 1 N–H and O–H groups in total. The Labute approximate surface area is 165 Å². The highest BCUT2D eigenvalue weighted by atomic mass is 32.2. The molecule has 5 heteroatoms. The molecule has 0 bridgehead atoms. The third kappa shape index (κ3) is 3.83. The molecule has 2 aliphatic heterocycles. The maximum atomic E-state index is 9.24. The molecule has 0 saturated carbocycles. The molecule has 4 nitrogen and oxygen atoms in total. The van der Waals surface area contributed by atoms with E-state index in [9.17, 15) is 5.26 Å². The lowest BCUT2D eigenvalue weighted by Crippen LogP contribution is -2.24. The first-order valence-electron chi connectivity index (χ1n) is 9.28. The van der Waals surface area contributed by atoms with Gasteiger partial charge in [0.05, 0.1) is 11.6 Å². The second-order valence-corrected chi connectivity index (χ2v) is 8.10. The minimum Gasteiger partial charge on any atom is -0.381 e. The number of nitrogens with zero attached hydrogens (tertiary/aromatic N) is 3. The Morgan fingerprint density at radius 3 is 2.89 bits per heavy atom. The quantitative estimate of drug-likeness (QED) is 0.801. The zero-order valence-electron chi connectivity index (χ0n) is 15.8. The van der Waals surface area contributed by atoms with Gasteiger partial charge >= 0.3 is 0 Å². The lowest BCUT2D eigenvalue weighted by molar-refractivity contribution is 0.448. The fourth-order valence-corrected chi connectivity index (χ4v) is 4.44. The van der Waals surface area contributed by atoms with Crippen LogP contribution in [0.1, 0.15) is 23.1 Å². The maximum Gasteiger partial charge on any atom is 0.0991 e. The molecule has 0 radical (unpaired) electrons. The number of fused-ring (bicyclic) bond motifs is 1. The number of hydrogen-bond acceptors (Lipinski definition) is 5. The summed E-state index contributed by atoms with van der Waals surface area (Å²) in [4.78, 5) is 2.21. The fourth-order valence-electron chi connectivity index (χ4n) is 3.82. The number of nitriles is 1. The average molecular weight is 377 g/mol. The first-order chi connectivity index (χ1) is 13.2. The van der Waals surface area contributed by atoms with E-state index in [0.29, 0.717) is 11.6 Å². The molecular formula is C22H24N4S. The van der Waals surface area contributed by atoms with Crippen LogP contribution in [0.4, 0.5) is 5.69 Å². The number of benzene rings is 2. The van der Waals surface area contributed by atoms with Crippen molar-refractivity contribution in [1.82, 2.24) is 9.21 Å². The van der Waals surface area contributed by atoms with Crippen LogP contribution in [0.5, 0.6) is 0 Å². The predicted molar refractivity (Wildman–Crippen MR) is 114 cm³/mol. The smallest absolute Gasteiger partial charge is 0.0991 e. The molecule has 0 spiro atoms. The van der Waals surface area contributed by atoms with E-state index in [4.69, 9.17) is 0 Å². The van der Waals surface area contributed by atoms with Gasteiger partial charge in [-0.05, 0) is 65.9 Å². The summed E-state index contributed by atoms with van der Waals surface area (Å²) in [6, 6.07) is 15.1. The van der Waals surface area contributed by atoms with Crippen molar-refractivity contribution in [3.05, 3.63) is 59.3 Å². The van der Waals surface area contributed by atoms with E-state index in [-0.39, 0.29) is 0 Å². The molecule has 2 aromatic carbocycles. The lowest BCUT2D eigenvalue weighted by Gasteiger charge is -2.26. The van der Waals surface area contributed by atoms with E-state index in [1.54, 1.807) is 0 Å². The standard InChI is InChI=1S/C22H24N4S/c1-25-8-6-18-11-19(17-5-3-4-16(10-17)13-23)12-22(21(18)15-25)24-20-7-9-26(14-20)27-2/h3-6,8,10-12,20,24H,7,9,14-15H2,1-2H3. The number of hydrogen-bond donors (Lipinski definition) is 1. The van der Waals surface area contributed by atoms with Crippen molar-refractivity contribution in [2.24, 2.45) is 0 Å². The molecule has 2 heterocycles. The molecule has 1 unspecified atom stereocenters. The summed E-state index contributed by atoms with van der Waals surface area (Å²) in [7, 11) is 2.11. The summed E-state index contributed by atoms with van der Waals surface area (Å²) in [5, 5.41) is 13.0. The van der Waals surface area contributed by atoms with Gasteiger partial charge in [0.1, 0.15) is 0 Å². The Kier molecular flexibility index (Phi) is 5.11. The summed E-state index contributed by atoms with van der Waals surface area (Å²) < 4.78 is 2.41. The normalized spacial score (nSPS) is 19.0. The van der Waals surface area contributed by atoms with Gasteiger partial charge in [-0.2, -0.15) is 5.26 Å². The largest absolute Gasteiger partial charge is 0.381 e. The van der Waals surface area contributed by atoms with Crippen LogP contribution in [0.3, 0.4) is 0 Å². The molecule has 0 aliphatic carbocycles. The van der Waals surface area contributed by atoms with Crippen molar-refractivity contribution in [2.45, 2.75) is 19.0 Å². The SMILES string of the molecule is CSN1CCC(Nc2cc(-c3cccc(C#N)c3)cc3c2CN(C)C=C3)C1. The van der Waals surface area contributed by atoms with Crippen LogP contribution >= 0.6 is 11.9 Å². The molecule has 4 rings (SSSR count). The van der Waals surface area contributed by atoms with Gasteiger partial charge in [0.15, 0.2) is 0 Å². The van der Waals surface area contributed by atoms with E-state index in [1.165, 1.54) is 16.8 Å². The van der Waals surface area contributed by atoms with Crippen molar-refractivity contribution in [2.75, 3.05) is 31.7 Å². The highest BCUT2D eigenvalue weighted by Gasteiger charge is 2.24. The zero-order valence-corrected chi connectivity index (χ0v) is 16.6. The Bertz CT molecular complexity index is 915. The predicted octanol–water partition coefficient (Wildman–Crippen LogP) is 4.41. The van der Waals surface area contributed by atoms with Crippen molar-refractivity contribution in [3.8, 4) is 17.2 Å². The molecule has 1 fully saturated rings. The summed E-state index contributed by atoms with van der Waals surface area (Å²) in [5.41, 5.74) is 6.76. The second kappa shape index (κ2) is 7.67. The first kappa shape index (κ1) is 18.0. The van der Waals surface area contributed by atoms with Gasteiger partial charge in [-0.3, -0.25) is 0 Å². The van der Waals surface area contributed by atoms with E-state index in [1.807, 2.05) is 30.1 Å². The summed E-state index contributed by atoms with van der Waals surface area (Å²) in [6.45, 7) is 3.10. The van der Waals surface area contributed by atoms with E-state index < -0.39 is 0 Å². The minimum atomic E-state index is 0.471. The molecule has 138 valence electrons. The van der Waals surface area contributed by atoms with Crippen LogP contribution in [0.2, 0.25) is 0 Å². The molecule has 2 aliphatic rings. The van der Waals surface area contributed by atoms with Gasteiger partial charge in [-0.25, -0.2) is 4.31 Å². The number of nitrogens with one attached hydrogen (secondary N) is 1. The minimum absolute atomic E-state index is 0.471. The average Bonchev–Trinajstić information content (AvgIpc) is 3.16. The molecule has 27 heavy (non-hydrogen) atoms. The van der Waals surface area contributed by atoms with Gasteiger partial charge in [-0.1, -0.05) is 24.1 Å². The van der Waals surface area contributed by atoms with Crippen molar-refractivity contribution in [3.63, 3.8) is 0 Å². The van der Waals surface area contributed by atoms with Crippen molar-refractivity contribution < 1.29 is 0 Å². The first-order valence-corrected chi connectivity index (χ1v) is 10.5. The highest BCUT2D eigenvalue weighted by molar-refractivity contribution is 7.96. The maximum absolute atomic E-state index is 9.24. The molecule has 1 atom stereocenters. The van der Waals surface area contributed by atoms with Crippen LogP contribution in [0.25, 0.3) is 17.2 Å². The van der Waals surface area contributed by atoms with Crippen LogP contribution < -0.4 is 5.32 Å². The van der Waals surface area contributed by atoms with Crippen LogP contribution in [0.15, 0.2) is 42.6 Å². The molecule has 1 saturated heterocycles. The Morgan fingerprint density at radius 2 is 2.11 bits per heavy atom. The van der Waals surface area contributed by atoms with Gasteiger partial charge < -0.3 is 10.2 Å². The topological polar surface area (TPSA) is 42.3 Å². The Hall–Kier alpha value is -2.42. The summed E-state index contributed by atoms with van der Waals surface area (Å²) in [6.07, 6.45) is 7.62. The van der Waals surface area contributed by atoms with Crippen LogP contribution in [-0.2, 0) is 6.54 Å². The van der Waals surface area contributed by atoms with Gasteiger partial charge in [0.25, 0.3) is 0 Å². The summed E-state index contributed by atoms with van der Waals surface area (Å²) >= 11 is 1.82. The Morgan fingerprint density at radius 1 is 1.22 bits per heavy atom. The third-order valence-electron chi connectivity index (χ3n) is 5.29. The van der Waals surface area contributed by atoms with Crippen molar-refractivity contribution >= 4 is 23.7 Å². The monoisotopic (exact) mass is 376 g/mol. The fraction of sp³-hybridized carbons (Fsp3) is 0.318. The molecular weight excluding hydrogens is 352 g/mol. The van der Waals surface area contributed by atoms with E-state index in [0.717, 1.165) is 37.2 Å². The van der Waals surface area contributed by atoms with Gasteiger partial charge in [0.2, 0.25) is 0 Å². The van der Waals surface area contributed by atoms with Gasteiger partial charge in [-0.15, -0.1) is 0 Å². The van der Waals surface area contributed by atoms with Gasteiger partial charge in [0, 0.05) is 44.0 Å². The second-order valence-electron chi connectivity index (χ2n) is 7.22. The lowest BCUT2D eigenvalue weighted by atomic mass is 9.94. The third-order valence-corrected chi connectivity index (χ3v) is 6.14. The number of anilines is 1. The van der Waals surface area contributed by atoms with Crippen LogP contribution in [-0.4, -0.2) is 41.6 Å². The summed E-state index contributed by atoms with van der Waals surface area (Å²) in [5.74, 6) is 0. The van der Waals surface area contributed by atoms with Crippen LogP contribution in [0, 0.1) is 11.3 Å². The van der Waals surface area contributed by atoms with E-state index in [2.05, 4.69) is 64.4 Å². The van der Waals surface area contributed by atoms with Crippen molar-refractivity contribution in [1.29, 1.82) is 5.26 Å². The highest BCUT2D eigenvalue weighted by Crippen LogP contribution is 2.34. The van der Waals surface area contributed by atoms with E-state index >= 15 is 0 Å². The zero-order chi connectivity index (χ0) is 18.8. The number of rotatable bonds is 4. The molecule has 2 aromatic rings.